The normalized spacial score (nSPS) is 47.2. The first-order chi connectivity index (χ1) is 15.0. The molecule has 0 aromatic rings. The molecule has 6 nitrogen and oxygen atoms in total. The SMILES string of the molecule is C=C1CCC2C3CC(=NOC)C4CC(=NOC5CCNC5)CC[C@]4(CO)C3CC[C@]12C. The second-order valence-corrected chi connectivity index (χ2v) is 11.0. The van der Waals surface area contributed by atoms with Crippen molar-refractivity contribution in [2.45, 2.75) is 70.8 Å². The van der Waals surface area contributed by atoms with E-state index in [0.717, 1.165) is 63.0 Å². The summed E-state index contributed by atoms with van der Waals surface area (Å²) in [6.07, 6.45) is 9.69. The molecule has 1 saturated heterocycles. The highest BCUT2D eigenvalue weighted by Gasteiger charge is 2.62. The van der Waals surface area contributed by atoms with Gasteiger partial charge in [-0.15, -0.1) is 0 Å². The Morgan fingerprint density at radius 1 is 1.13 bits per heavy atom. The van der Waals surface area contributed by atoms with Gasteiger partial charge in [0.2, 0.25) is 0 Å². The summed E-state index contributed by atoms with van der Waals surface area (Å²) in [6.45, 7) is 9.00. The molecule has 172 valence electrons. The molecule has 0 aromatic carbocycles. The molecular formula is C25H39N3O3. The third-order valence-electron chi connectivity index (χ3n) is 9.84. The molecule has 6 heteroatoms. The molecule has 5 aliphatic rings. The highest BCUT2D eigenvalue weighted by molar-refractivity contribution is 5.95. The second kappa shape index (κ2) is 8.18. The monoisotopic (exact) mass is 429 g/mol. The van der Waals surface area contributed by atoms with Crippen LogP contribution in [0.25, 0.3) is 0 Å². The minimum Gasteiger partial charge on any atom is -0.399 e. The molecule has 1 aliphatic heterocycles. The lowest BCUT2D eigenvalue weighted by Crippen LogP contribution is -2.59. The maximum absolute atomic E-state index is 10.9. The average molecular weight is 430 g/mol. The summed E-state index contributed by atoms with van der Waals surface area (Å²) in [4.78, 5) is 11.2. The summed E-state index contributed by atoms with van der Waals surface area (Å²) in [6, 6.07) is 0. The largest absolute Gasteiger partial charge is 0.399 e. The van der Waals surface area contributed by atoms with Crippen LogP contribution in [0.4, 0.5) is 0 Å². The van der Waals surface area contributed by atoms with Crippen molar-refractivity contribution in [1.29, 1.82) is 0 Å². The standard InChI is InChI=1S/C25H39N3O3/c1-16-4-5-20-19-13-23(28-30-3)22-12-17(27-31-18-8-11-26-14-18)6-10-25(22,15-29)21(19)7-9-24(16,20)2/h18-22,26,29H,1,4-15H2,2-3H3/t18?,19?,20?,21?,22?,24-,25+/m1/s1. The highest BCUT2D eigenvalue weighted by Crippen LogP contribution is 2.66. The number of oxime groups is 2. The molecule has 0 bridgehead atoms. The van der Waals surface area contributed by atoms with Crippen LogP contribution >= 0.6 is 0 Å². The molecule has 5 rings (SSSR count). The van der Waals surface area contributed by atoms with Crippen LogP contribution in [0.3, 0.4) is 0 Å². The number of fused-ring (bicyclic) bond motifs is 5. The molecular weight excluding hydrogens is 390 g/mol. The molecule has 0 amide bonds. The number of aliphatic hydroxyl groups excluding tert-OH is 1. The Hall–Kier alpha value is -1.40. The zero-order valence-corrected chi connectivity index (χ0v) is 19.2. The van der Waals surface area contributed by atoms with Crippen molar-refractivity contribution in [3.63, 3.8) is 0 Å². The zero-order valence-electron chi connectivity index (χ0n) is 19.2. The minimum absolute atomic E-state index is 0.112. The van der Waals surface area contributed by atoms with Gasteiger partial charge >= 0.3 is 0 Å². The van der Waals surface area contributed by atoms with Crippen LogP contribution in [0.2, 0.25) is 0 Å². The third kappa shape index (κ3) is 3.36. The van der Waals surface area contributed by atoms with E-state index in [-0.39, 0.29) is 29.5 Å². The van der Waals surface area contributed by atoms with Gasteiger partial charge in [-0.25, -0.2) is 0 Å². The number of nitrogens with one attached hydrogen (secondary N) is 1. The first kappa shape index (κ1) is 21.4. The summed E-state index contributed by atoms with van der Waals surface area (Å²) in [7, 11) is 1.65. The van der Waals surface area contributed by atoms with Crippen LogP contribution in [-0.2, 0) is 9.68 Å². The Morgan fingerprint density at radius 3 is 2.74 bits per heavy atom. The van der Waals surface area contributed by atoms with E-state index < -0.39 is 0 Å². The predicted molar refractivity (Wildman–Crippen MR) is 122 cm³/mol. The number of rotatable bonds is 4. The molecule has 31 heavy (non-hydrogen) atoms. The second-order valence-electron chi connectivity index (χ2n) is 11.0. The quantitative estimate of drug-likeness (QED) is 0.525. The molecule has 0 spiro atoms. The third-order valence-corrected chi connectivity index (χ3v) is 9.84. The predicted octanol–water partition coefficient (Wildman–Crippen LogP) is 3.90. The van der Waals surface area contributed by atoms with Gasteiger partial charge < -0.3 is 20.1 Å². The fraction of sp³-hybridized carbons (Fsp3) is 0.840. The Bertz CT molecular complexity index is 774. The van der Waals surface area contributed by atoms with E-state index in [0.29, 0.717) is 17.8 Å². The molecule has 0 radical (unpaired) electrons. The van der Waals surface area contributed by atoms with Crippen molar-refractivity contribution in [3.05, 3.63) is 12.2 Å². The van der Waals surface area contributed by atoms with Gasteiger partial charge in [0, 0.05) is 30.9 Å². The van der Waals surface area contributed by atoms with Crippen molar-refractivity contribution >= 4 is 11.4 Å². The Labute approximate surface area is 186 Å². The number of hydrogen-bond donors (Lipinski definition) is 2. The van der Waals surface area contributed by atoms with Crippen LogP contribution in [-0.4, -0.2) is 49.4 Å². The lowest BCUT2D eigenvalue weighted by atomic mass is 9.44. The van der Waals surface area contributed by atoms with E-state index in [1.54, 1.807) is 7.11 Å². The van der Waals surface area contributed by atoms with Gasteiger partial charge in [-0.2, -0.15) is 0 Å². The summed E-state index contributed by atoms with van der Waals surface area (Å²) in [5.74, 6) is 1.96. The van der Waals surface area contributed by atoms with Gasteiger partial charge in [-0.1, -0.05) is 29.4 Å². The van der Waals surface area contributed by atoms with Crippen molar-refractivity contribution in [2.75, 3.05) is 26.8 Å². The highest BCUT2D eigenvalue weighted by atomic mass is 16.6. The zero-order chi connectivity index (χ0) is 21.6. The van der Waals surface area contributed by atoms with Gasteiger partial charge in [0.05, 0.1) is 11.4 Å². The molecule has 4 saturated carbocycles. The number of allylic oxidation sites excluding steroid dienone is 1. The van der Waals surface area contributed by atoms with Crippen LogP contribution in [0.5, 0.6) is 0 Å². The van der Waals surface area contributed by atoms with Gasteiger partial charge in [0.15, 0.2) is 0 Å². The average Bonchev–Trinajstić information content (AvgIpc) is 3.40. The number of nitrogens with zero attached hydrogens (tertiary/aromatic N) is 2. The van der Waals surface area contributed by atoms with E-state index in [4.69, 9.17) is 9.68 Å². The van der Waals surface area contributed by atoms with Crippen molar-refractivity contribution in [1.82, 2.24) is 5.32 Å². The Morgan fingerprint density at radius 2 is 2.00 bits per heavy atom. The number of hydrogen-bond acceptors (Lipinski definition) is 6. The fourth-order valence-corrected chi connectivity index (χ4v) is 8.04. The molecule has 7 atom stereocenters. The van der Waals surface area contributed by atoms with E-state index in [1.165, 1.54) is 24.8 Å². The van der Waals surface area contributed by atoms with Crippen LogP contribution in [0.15, 0.2) is 22.5 Å². The molecule has 4 aliphatic carbocycles. The van der Waals surface area contributed by atoms with E-state index in [9.17, 15) is 5.11 Å². The van der Waals surface area contributed by atoms with Gasteiger partial charge in [0.1, 0.15) is 13.2 Å². The lowest BCUT2D eigenvalue weighted by Gasteiger charge is -2.60. The maximum Gasteiger partial charge on any atom is 0.141 e. The van der Waals surface area contributed by atoms with Gasteiger partial charge in [0.25, 0.3) is 0 Å². The molecule has 0 aromatic heterocycles. The van der Waals surface area contributed by atoms with Gasteiger partial charge in [-0.05, 0) is 81.1 Å². The minimum atomic E-state index is -0.112. The smallest absolute Gasteiger partial charge is 0.141 e. The molecule has 5 unspecified atom stereocenters. The maximum atomic E-state index is 10.9. The van der Waals surface area contributed by atoms with E-state index in [1.807, 2.05) is 0 Å². The summed E-state index contributed by atoms with van der Waals surface area (Å²) in [5.41, 5.74) is 3.85. The van der Waals surface area contributed by atoms with E-state index >= 15 is 0 Å². The van der Waals surface area contributed by atoms with E-state index in [2.05, 4.69) is 29.1 Å². The van der Waals surface area contributed by atoms with Crippen molar-refractivity contribution < 1.29 is 14.8 Å². The molecule has 2 N–H and O–H groups in total. The molecule has 1 heterocycles. The first-order valence-electron chi connectivity index (χ1n) is 12.3. The first-order valence-corrected chi connectivity index (χ1v) is 12.3. The topological polar surface area (TPSA) is 75.4 Å². The van der Waals surface area contributed by atoms with Crippen molar-refractivity contribution in [2.24, 2.45) is 44.8 Å². The van der Waals surface area contributed by atoms with Crippen LogP contribution < -0.4 is 5.32 Å². The van der Waals surface area contributed by atoms with Crippen LogP contribution in [0.1, 0.15) is 64.7 Å². The fourth-order valence-electron chi connectivity index (χ4n) is 8.04. The summed E-state index contributed by atoms with van der Waals surface area (Å²) in [5, 5.41) is 23.3. The molecule has 5 fully saturated rings. The van der Waals surface area contributed by atoms with Crippen molar-refractivity contribution in [3.8, 4) is 0 Å². The van der Waals surface area contributed by atoms with Crippen LogP contribution in [0, 0.1) is 34.5 Å². The Kier molecular flexibility index (Phi) is 5.66. The summed E-state index contributed by atoms with van der Waals surface area (Å²) >= 11 is 0. The lowest BCUT2D eigenvalue weighted by molar-refractivity contribution is -0.0839. The number of aliphatic hydroxyl groups is 1. The van der Waals surface area contributed by atoms with Gasteiger partial charge in [-0.3, -0.25) is 0 Å². The summed E-state index contributed by atoms with van der Waals surface area (Å²) < 4.78 is 0. The Balaban J connectivity index is 1.43.